The number of benzene rings is 9. The van der Waals surface area contributed by atoms with E-state index in [1.807, 2.05) is 0 Å². The molecule has 0 fully saturated rings. The van der Waals surface area contributed by atoms with Crippen LogP contribution in [0.4, 0.5) is 11.6 Å². The van der Waals surface area contributed by atoms with Crippen LogP contribution in [0, 0.1) is 0 Å². The zero-order valence-corrected chi connectivity index (χ0v) is 38.1. The van der Waals surface area contributed by atoms with E-state index in [1.54, 1.807) is 0 Å². The Kier molecular flexibility index (Phi) is 8.56. The second-order valence-electron chi connectivity index (χ2n) is 20.0. The molecule has 2 heterocycles. The molecule has 5 aliphatic rings. The standard InChI is InChI=1S/C66H47N3/c1-4-14-40(15-5-1)60-39-61(41-16-6-2-7-17-41)68-66(67-60)69-62-31-29-46(36-57(62)59-38-48-21-11-13-23-52(48)65(59)69)44-25-27-50-32-49-26-24-43(33-54(49)55(50)34-44)45-28-30-53-56(35-45)58-37-47-20-10-12-22-51(47)64(58)63(53)42-18-8-3-9-19-42/h1-31,33-36,39,58-59,63-65H,32,37-38H2. The lowest BCUT2D eigenvalue weighted by Gasteiger charge is -2.27. The third-order valence-corrected chi connectivity index (χ3v) is 16.4. The quantitative estimate of drug-likeness (QED) is 0.167. The molecular formula is C66H47N3. The topological polar surface area (TPSA) is 29.0 Å². The summed E-state index contributed by atoms with van der Waals surface area (Å²) in [6, 6.07) is 81.7. The van der Waals surface area contributed by atoms with Gasteiger partial charge in [0.15, 0.2) is 0 Å². The maximum absolute atomic E-state index is 5.38. The molecule has 15 rings (SSSR count). The van der Waals surface area contributed by atoms with Gasteiger partial charge in [0, 0.05) is 34.6 Å². The van der Waals surface area contributed by atoms with Crippen molar-refractivity contribution in [3.8, 4) is 55.9 Å². The number of fused-ring (bicyclic) bond motifs is 13. The van der Waals surface area contributed by atoms with Crippen LogP contribution in [-0.4, -0.2) is 9.97 Å². The van der Waals surface area contributed by atoms with Gasteiger partial charge >= 0.3 is 0 Å². The van der Waals surface area contributed by atoms with Crippen LogP contribution in [0.5, 0.6) is 0 Å². The first-order chi connectivity index (χ1) is 34.2. The molecule has 9 aromatic carbocycles. The Labute approximate surface area is 403 Å². The van der Waals surface area contributed by atoms with E-state index in [4.69, 9.17) is 9.97 Å². The van der Waals surface area contributed by atoms with E-state index in [9.17, 15) is 0 Å². The fourth-order valence-corrected chi connectivity index (χ4v) is 13.3. The Morgan fingerprint density at radius 1 is 0.362 bits per heavy atom. The summed E-state index contributed by atoms with van der Waals surface area (Å²) < 4.78 is 0. The average Bonchev–Trinajstić information content (AvgIpc) is 4.23. The number of rotatable bonds is 6. The highest BCUT2D eigenvalue weighted by atomic mass is 15.3. The summed E-state index contributed by atoms with van der Waals surface area (Å²) in [7, 11) is 0. The fraction of sp³-hybridized carbons (Fsp3) is 0.121. The van der Waals surface area contributed by atoms with E-state index >= 15 is 0 Å². The predicted octanol–water partition coefficient (Wildman–Crippen LogP) is 15.8. The lowest BCUT2D eigenvalue weighted by molar-refractivity contribution is 0.582. The summed E-state index contributed by atoms with van der Waals surface area (Å²) in [5, 5.41) is 0. The normalized spacial score (nSPS) is 19.5. The number of anilines is 2. The number of hydrogen-bond donors (Lipinski definition) is 0. The van der Waals surface area contributed by atoms with Gasteiger partial charge in [-0.1, -0.05) is 188 Å². The first kappa shape index (κ1) is 38.9. The number of nitrogens with zero attached hydrogens (tertiary/aromatic N) is 3. The molecule has 0 N–H and O–H groups in total. The lowest BCUT2D eigenvalue weighted by Crippen LogP contribution is -2.22. The molecular weight excluding hydrogens is 835 g/mol. The monoisotopic (exact) mass is 881 g/mol. The first-order valence-electron chi connectivity index (χ1n) is 24.7. The van der Waals surface area contributed by atoms with Gasteiger partial charge in [-0.2, -0.15) is 0 Å². The van der Waals surface area contributed by atoms with Crippen molar-refractivity contribution in [2.24, 2.45) is 0 Å². The van der Waals surface area contributed by atoms with Crippen LogP contribution in [0.2, 0.25) is 0 Å². The van der Waals surface area contributed by atoms with Crippen molar-refractivity contribution in [3.63, 3.8) is 0 Å². The van der Waals surface area contributed by atoms with Crippen molar-refractivity contribution in [1.29, 1.82) is 0 Å². The van der Waals surface area contributed by atoms with E-state index in [0.717, 1.165) is 47.7 Å². The van der Waals surface area contributed by atoms with Gasteiger partial charge in [-0.25, -0.2) is 9.97 Å². The molecule has 5 atom stereocenters. The molecule has 326 valence electrons. The third kappa shape index (κ3) is 6.06. The van der Waals surface area contributed by atoms with Crippen LogP contribution >= 0.6 is 0 Å². The summed E-state index contributed by atoms with van der Waals surface area (Å²) in [6.07, 6.45) is 3.06. The van der Waals surface area contributed by atoms with Gasteiger partial charge in [0.1, 0.15) is 0 Å². The van der Waals surface area contributed by atoms with Gasteiger partial charge in [0.2, 0.25) is 5.95 Å². The fourth-order valence-electron chi connectivity index (χ4n) is 13.3. The second-order valence-corrected chi connectivity index (χ2v) is 20.0. The number of hydrogen-bond acceptors (Lipinski definition) is 3. The van der Waals surface area contributed by atoms with Crippen molar-refractivity contribution >= 4 is 11.6 Å². The van der Waals surface area contributed by atoms with Gasteiger partial charge < -0.3 is 4.90 Å². The van der Waals surface area contributed by atoms with E-state index in [0.29, 0.717) is 17.8 Å². The SMILES string of the molecule is c1ccc(-c2cc(-c3ccccc3)nc(N3c4ccc(-c5ccc6c(c5)-c5cc(-c7ccc8c(c7)C7Cc9ccccc9C7C8c7ccccc7)ccc5C6)cc4C4Cc5ccccc5C43)n2)cc1. The van der Waals surface area contributed by atoms with Crippen LogP contribution in [0.25, 0.3) is 55.9 Å². The van der Waals surface area contributed by atoms with Crippen molar-refractivity contribution in [2.75, 3.05) is 4.90 Å². The summed E-state index contributed by atoms with van der Waals surface area (Å²) in [6.45, 7) is 0. The molecule has 69 heavy (non-hydrogen) atoms. The van der Waals surface area contributed by atoms with E-state index in [-0.39, 0.29) is 12.0 Å². The smallest absolute Gasteiger partial charge is 0.231 e. The van der Waals surface area contributed by atoms with Crippen LogP contribution in [-0.2, 0) is 19.3 Å². The molecule has 4 aliphatic carbocycles. The maximum atomic E-state index is 5.38. The lowest BCUT2D eigenvalue weighted by atomic mass is 9.81. The molecule has 0 bridgehead atoms. The highest BCUT2D eigenvalue weighted by Crippen LogP contribution is 2.61. The van der Waals surface area contributed by atoms with E-state index in [2.05, 4.69) is 223 Å². The van der Waals surface area contributed by atoms with Gasteiger partial charge in [0.25, 0.3) is 0 Å². The van der Waals surface area contributed by atoms with E-state index < -0.39 is 0 Å². The minimum Gasteiger partial charge on any atom is -0.302 e. The molecule has 0 saturated heterocycles. The van der Waals surface area contributed by atoms with Crippen LogP contribution < -0.4 is 4.90 Å². The second kappa shape index (κ2) is 15.2. The zero-order valence-electron chi connectivity index (χ0n) is 38.1. The van der Waals surface area contributed by atoms with Gasteiger partial charge in [-0.05, 0) is 145 Å². The molecule has 3 nitrogen and oxygen atoms in total. The molecule has 0 amide bonds. The molecule has 0 radical (unpaired) electrons. The Morgan fingerprint density at radius 2 is 0.884 bits per heavy atom. The minimum absolute atomic E-state index is 0.102. The zero-order chi connectivity index (χ0) is 45.2. The van der Waals surface area contributed by atoms with Crippen molar-refractivity contribution in [3.05, 3.63) is 274 Å². The molecule has 10 aromatic rings. The predicted molar refractivity (Wildman–Crippen MR) is 280 cm³/mol. The van der Waals surface area contributed by atoms with Crippen molar-refractivity contribution in [2.45, 2.75) is 49.0 Å². The Morgan fingerprint density at radius 3 is 1.55 bits per heavy atom. The molecule has 5 unspecified atom stereocenters. The largest absolute Gasteiger partial charge is 0.302 e. The van der Waals surface area contributed by atoms with Crippen LogP contribution in [0.3, 0.4) is 0 Å². The molecule has 1 aromatic heterocycles. The maximum Gasteiger partial charge on any atom is 0.231 e. The first-order valence-corrected chi connectivity index (χ1v) is 24.7. The highest BCUT2D eigenvalue weighted by molar-refractivity contribution is 5.86. The third-order valence-electron chi connectivity index (χ3n) is 16.4. The minimum atomic E-state index is 0.102. The molecule has 3 heteroatoms. The van der Waals surface area contributed by atoms with Gasteiger partial charge in [0.05, 0.1) is 17.4 Å². The van der Waals surface area contributed by atoms with Crippen LogP contribution in [0.1, 0.15) is 85.3 Å². The van der Waals surface area contributed by atoms with Crippen LogP contribution in [0.15, 0.2) is 218 Å². The number of aromatic nitrogens is 2. The Hall–Kier alpha value is -8.14. The molecule has 1 aliphatic heterocycles. The Bertz CT molecular complexity index is 3630. The van der Waals surface area contributed by atoms with Crippen molar-refractivity contribution in [1.82, 2.24) is 9.97 Å². The summed E-state index contributed by atoms with van der Waals surface area (Å²) in [4.78, 5) is 13.2. The highest BCUT2D eigenvalue weighted by Gasteiger charge is 2.48. The molecule has 0 saturated carbocycles. The Balaban J connectivity index is 0.802. The summed E-state index contributed by atoms with van der Waals surface area (Å²) in [5.74, 6) is 2.36. The van der Waals surface area contributed by atoms with Crippen molar-refractivity contribution < 1.29 is 0 Å². The summed E-state index contributed by atoms with van der Waals surface area (Å²) in [5.41, 5.74) is 27.5. The van der Waals surface area contributed by atoms with Gasteiger partial charge in [-0.15, -0.1) is 0 Å². The van der Waals surface area contributed by atoms with Gasteiger partial charge in [-0.3, -0.25) is 0 Å². The molecule has 0 spiro atoms. The summed E-state index contributed by atoms with van der Waals surface area (Å²) >= 11 is 0. The average molecular weight is 882 g/mol. The van der Waals surface area contributed by atoms with E-state index in [1.165, 1.54) is 94.7 Å².